The lowest BCUT2D eigenvalue weighted by molar-refractivity contribution is -0.154. The molecule has 4 rings (SSSR count). The number of unbranched alkanes of at least 4 members (excludes halogenated alkanes) is 2. The van der Waals surface area contributed by atoms with Gasteiger partial charge in [0.05, 0.1) is 44.6 Å². The molecular formula is C35H54N2O8. The molecule has 4 aliphatic rings. The molecule has 7 unspecified atom stereocenters. The fourth-order valence-corrected chi connectivity index (χ4v) is 6.63. The van der Waals surface area contributed by atoms with E-state index in [0.29, 0.717) is 38.5 Å². The van der Waals surface area contributed by atoms with Crippen LogP contribution in [-0.4, -0.2) is 93.3 Å². The van der Waals surface area contributed by atoms with Crippen molar-refractivity contribution in [3.8, 4) is 0 Å². The summed E-state index contributed by atoms with van der Waals surface area (Å²) in [6.07, 6.45) is 17.6. The molecule has 0 aliphatic carbocycles. The first-order valence-corrected chi connectivity index (χ1v) is 17.0. The van der Waals surface area contributed by atoms with Gasteiger partial charge in [-0.3, -0.25) is 4.79 Å². The number of cyclic esters (lactones) is 1. The lowest BCUT2D eigenvalue weighted by Gasteiger charge is -2.37. The molecule has 252 valence electrons. The Morgan fingerprint density at radius 3 is 2.49 bits per heavy atom. The summed E-state index contributed by atoms with van der Waals surface area (Å²) in [7, 11) is 1.37. The topological polar surface area (TPSA) is 113 Å². The van der Waals surface area contributed by atoms with E-state index >= 15 is 0 Å². The molecule has 4 heterocycles. The maximum absolute atomic E-state index is 13.3. The van der Waals surface area contributed by atoms with Crippen molar-refractivity contribution in [3.05, 3.63) is 36.0 Å². The molecule has 10 heteroatoms. The number of nitrogens with one attached hydrogen (secondary N) is 1. The molecule has 1 amide bonds. The van der Waals surface area contributed by atoms with E-state index in [-0.39, 0.29) is 54.8 Å². The van der Waals surface area contributed by atoms with E-state index in [1.165, 1.54) is 7.11 Å². The number of fused-ring (bicyclic) bond motifs is 4. The molecule has 0 aromatic heterocycles. The van der Waals surface area contributed by atoms with E-state index in [4.69, 9.17) is 23.7 Å². The first kappa shape index (κ1) is 35.2. The third-order valence-corrected chi connectivity index (χ3v) is 9.10. The minimum atomic E-state index is -0.417. The summed E-state index contributed by atoms with van der Waals surface area (Å²) in [5.74, 6) is -0.392. The van der Waals surface area contributed by atoms with Gasteiger partial charge in [-0.25, -0.2) is 9.59 Å². The molecule has 3 saturated heterocycles. The average Bonchev–Trinajstić information content (AvgIpc) is 3.02. The van der Waals surface area contributed by atoms with Crippen molar-refractivity contribution in [1.82, 2.24) is 10.2 Å². The van der Waals surface area contributed by atoms with Crippen LogP contribution in [-0.2, 0) is 33.3 Å². The average molecular weight is 631 g/mol. The first-order valence-electron chi connectivity index (χ1n) is 17.0. The monoisotopic (exact) mass is 630 g/mol. The van der Waals surface area contributed by atoms with Gasteiger partial charge in [-0.2, -0.15) is 0 Å². The molecule has 0 radical (unpaired) electrons. The summed E-state index contributed by atoms with van der Waals surface area (Å²) in [6, 6.07) is 0. The SMILES string of the molecule is COC(=O)/C=C1\CC2CC(=O)OC(/C=C/CCCCOC(=O)N3CCNCC3)C(C)/C=C/C(C)CC3CCCC(CC(C1)O2)O3. The number of piperazine rings is 1. The van der Waals surface area contributed by atoms with E-state index in [0.717, 1.165) is 70.0 Å². The van der Waals surface area contributed by atoms with Crippen LogP contribution < -0.4 is 5.32 Å². The zero-order valence-corrected chi connectivity index (χ0v) is 27.5. The molecule has 4 aliphatic heterocycles. The smallest absolute Gasteiger partial charge is 0.409 e. The van der Waals surface area contributed by atoms with Crippen LogP contribution in [0.1, 0.15) is 84.5 Å². The first-order chi connectivity index (χ1) is 21.8. The summed E-state index contributed by atoms with van der Waals surface area (Å²) < 4.78 is 29.3. The van der Waals surface area contributed by atoms with Crippen LogP contribution in [0.2, 0.25) is 0 Å². The highest BCUT2D eigenvalue weighted by atomic mass is 16.6. The van der Waals surface area contributed by atoms with Crippen molar-refractivity contribution >= 4 is 18.0 Å². The largest absolute Gasteiger partial charge is 0.466 e. The minimum absolute atomic E-state index is 0.0182. The molecule has 0 aromatic rings. The van der Waals surface area contributed by atoms with Gasteiger partial charge in [0.15, 0.2) is 0 Å². The van der Waals surface area contributed by atoms with Crippen molar-refractivity contribution < 1.29 is 38.1 Å². The van der Waals surface area contributed by atoms with Crippen LogP contribution in [0.3, 0.4) is 0 Å². The van der Waals surface area contributed by atoms with Gasteiger partial charge in [0.25, 0.3) is 0 Å². The number of nitrogens with zero attached hydrogens (tertiary/aromatic N) is 1. The third-order valence-electron chi connectivity index (χ3n) is 9.10. The van der Waals surface area contributed by atoms with E-state index in [2.05, 4.69) is 37.4 Å². The Hall–Kier alpha value is -2.69. The number of ether oxygens (including phenoxy) is 5. The van der Waals surface area contributed by atoms with Crippen LogP contribution >= 0.6 is 0 Å². The van der Waals surface area contributed by atoms with Crippen molar-refractivity contribution in [1.29, 1.82) is 0 Å². The maximum Gasteiger partial charge on any atom is 0.409 e. The predicted molar refractivity (Wildman–Crippen MR) is 170 cm³/mol. The lowest BCUT2D eigenvalue weighted by atomic mass is 9.89. The lowest BCUT2D eigenvalue weighted by Crippen LogP contribution is -2.46. The predicted octanol–water partition coefficient (Wildman–Crippen LogP) is 5.26. The van der Waals surface area contributed by atoms with Gasteiger partial charge >= 0.3 is 18.0 Å². The molecule has 3 fully saturated rings. The Balaban J connectivity index is 1.37. The molecule has 1 N–H and O–H groups in total. The summed E-state index contributed by atoms with van der Waals surface area (Å²) in [5.41, 5.74) is 0.935. The highest BCUT2D eigenvalue weighted by Gasteiger charge is 2.33. The van der Waals surface area contributed by atoms with Crippen molar-refractivity contribution in [2.24, 2.45) is 11.8 Å². The number of esters is 2. The number of hydrogen-bond donors (Lipinski definition) is 1. The standard InChI is InChI=1S/C35H54N2O8/c1-25-12-13-26(2)32(11-6-4-5-7-18-42-35(40)37-16-14-36-15-17-37)45-34(39)24-31-21-27(22-33(38)41-3)20-30(44-31)23-29-10-8-9-28(19-25)43-29/h6,11-13,22,25-26,28-32,36H,4-5,7-10,14-21,23-24H2,1-3H3/b11-6+,13-12+,27-22-. The highest BCUT2D eigenvalue weighted by Crippen LogP contribution is 2.33. The molecule has 4 bridgehead atoms. The molecule has 0 saturated carbocycles. The van der Waals surface area contributed by atoms with E-state index in [1.807, 2.05) is 6.08 Å². The van der Waals surface area contributed by atoms with Gasteiger partial charge in [-0.1, -0.05) is 37.6 Å². The van der Waals surface area contributed by atoms with Crippen molar-refractivity contribution in [2.75, 3.05) is 39.9 Å². The molecule has 10 nitrogen and oxygen atoms in total. The molecule has 0 spiro atoms. The number of carbonyl (C=O) groups is 3. The second kappa shape index (κ2) is 18.5. The van der Waals surface area contributed by atoms with Gasteiger partial charge in [0.1, 0.15) is 6.10 Å². The number of hydrogen-bond acceptors (Lipinski definition) is 9. The normalized spacial score (nSPS) is 33.4. The van der Waals surface area contributed by atoms with Crippen molar-refractivity contribution in [2.45, 2.75) is 115 Å². The van der Waals surface area contributed by atoms with E-state index < -0.39 is 6.10 Å². The fraction of sp³-hybridized carbons (Fsp3) is 0.743. The number of amides is 1. The van der Waals surface area contributed by atoms with Crippen LogP contribution in [0.4, 0.5) is 4.79 Å². The van der Waals surface area contributed by atoms with Crippen LogP contribution in [0.25, 0.3) is 0 Å². The molecule has 7 atom stereocenters. The zero-order chi connectivity index (χ0) is 32.0. The maximum atomic E-state index is 13.3. The Kier molecular flexibility index (Phi) is 14.4. The Morgan fingerprint density at radius 2 is 1.71 bits per heavy atom. The number of methoxy groups -OCH3 is 1. The highest BCUT2D eigenvalue weighted by molar-refractivity contribution is 5.82. The third kappa shape index (κ3) is 12.2. The Bertz CT molecular complexity index is 1050. The van der Waals surface area contributed by atoms with Gasteiger partial charge in [-0.15, -0.1) is 0 Å². The second-order valence-electron chi connectivity index (χ2n) is 13.1. The van der Waals surface area contributed by atoms with Gasteiger partial charge in [0, 0.05) is 44.6 Å². The zero-order valence-electron chi connectivity index (χ0n) is 27.5. The van der Waals surface area contributed by atoms with Gasteiger partial charge in [0.2, 0.25) is 0 Å². The second-order valence-corrected chi connectivity index (χ2v) is 13.1. The van der Waals surface area contributed by atoms with E-state index in [9.17, 15) is 14.4 Å². The van der Waals surface area contributed by atoms with Crippen LogP contribution in [0, 0.1) is 11.8 Å². The Morgan fingerprint density at radius 1 is 0.978 bits per heavy atom. The van der Waals surface area contributed by atoms with Crippen LogP contribution in [0.5, 0.6) is 0 Å². The Labute approximate surface area is 268 Å². The molecule has 0 aromatic carbocycles. The summed E-state index contributed by atoms with van der Waals surface area (Å²) in [6.45, 7) is 7.64. The fourth-order valence-electron chi connectivity index (χ4n) is 6.63. The van der Waals surface area contributed by atoms with Crippen molar-refractivity contribution in [3.63, 3.8) is 0 Å². The summed E-state index contributed by atoms with van der Waals surface area (Å²) in [5, 5.41) is 3.23. The van der Waals surface area contributed by atoms with Gasteiger partial charge < -0.3 is 33.9 Å². The van der Waals surface area contributed by atoms with Crippen LogP contribution in [0.15, 0.2) is 36.0 Å². The van der Waals surface area contributed by atoms with E-state index in [1.54, 1.807) is 11.0 Å². The molecular weight excluding hydrogens is 576 g/mol. The number of rotatable bonds is 7. The quantitative estimate of drug-likeness (QED) is 0.132. The summed E-state index contributed by atoms with van der Waals surface area (Å²) in [4.78, 5) is 39.3. The summed E-state index contributed by atoms with van der Waals surface area (Å²) >= 11 is 0. The minimum Gasteiger partial charge on any atom is -0.466 e. The number of carbonyl (C=O) groups excluding carboxylic acids is 3. The number of allylic oxidation sites excluding steroid dienone is 2. The van der Waals surface area contributed by atoms with Gasteiger partial charge in [-0.05, 0) is 69.8 Å². The molecule has 45 heavy (non-hydrogen) atoms.